The maximum Gasteiger partial charge on any atom is 0.226 e. The molecule has 0 aromatic carbocycles. The van der Waals surface area contributed by atoms with Gasteiger partial charge in [0.05, 0.1) is 6.04 Å². The number of rotatable bonds is 2. The van der Waals surface area contributed by atoms with Crippen LogP contribution in [-0.2, 0) is 11.2 Å². The number of aromatic nitrogens is 4. The summed E-state index contributed by atoms with van der Waals surface area (Å²) in [6, 6.07) is 4.25. The first kappa shape index (κ1) is 15.7. The third kappa shape index (κ3) is 2.55. The van der Waals surface area contributed by atoms with Crippen molar-refractivity contribution in [1.82, 2.24) is 24.6 Å². The number of carbonyl (C=O) groups is 1. The predicted octanol–water partition coefficient (Wildman–Crippen LogP) is 2.64. The van der Waals surface area contributed by atoms with Gasteiger partial charge in [-0.2, -0.15) is 0 Å². The lowest BCUT2D eigenvalue weighted by atomic mass is 9.93. The SMILES string of the molecule is O=C([C@H]1CC=CCC1)N1C[C@H]2CCc3nnc(-c4ccncc4)n3[C@H]2C1. The fourth-order valence-corrected chi connectivity index (χ4v) is 4.74. The van der Waals surface area contributed by atoms with Crippen LogP contribution < -0.4 is 0 Å². The minimum absolute atomic E-state index is 0.167. The number of nitrogens with zero attached hydrogens (tertiary/aromatic N) is 5. The van der Waals surface area contributed by atoms with Crippen LogP contribution in [0.2, 0.25) is 0 Å². The Kier molecular flexibility index (Phi) is 3.84. The molecule has 0 saturated carbocycles. The molecule has 0 N–H and O–H groups in total. The van der Waals surface area contributed by atoms with Gasteiger partial charge in [-0.1, -0.05) is 12.2 Å². The molecule has 4 heterocycles. The van der Waals surface area contributed by atoms with Crippen molar-refractivity contribution in [2.75, 3.05) is 13.1 Å². The first-order chi connectivity index (χ1) is 12.8. The van der Waals surface area contributed by atoms with E-state index in [9.17, 15) is 4.79 Å². The van der Waals surface area contributed by atoms with Crippen LogP contribution >= 0.6 is 0 Å². The molecule has 6 nitrogen and oxygen atoms in total. The summed E-state index contributed by atoms with van der Waals surface area (Å²) in [5.74, 6) is 2.96. The van der Waals surface area contributed by atoms with E-state index in [-0.39, 0.29) is 5.92 Å². The lowest BCUT2D eigenvalue weighted by Crippen LogP contribution is -2.35. The molecule has 1 aliphatic carbocycles. The number of fused-ring (bicyclic) bond motifs is 3. The van der Waals surface area contributed by atoms with Crippen LogP contribution in [0.5, 0.6) is 0 Å². The van der Waals surface area contributed by atoms with Crippen LogP contribution in [-0.4, -0.2) is 43.6 Å². The summed E-state index contributed by atoms with van der Waals surface area (Å²) in [5.41, 5.74) is 1.04. The van der Waals surface area contributed by atoms with E-state index < -0.39 is 0 Å². The molecule has 2 aliphatic heterocycles. The monoisotopic (exact) mass is 349 g/mol. The van der Waals surface area contributed by atoms with E-state index in [0.29, 0.717) is 17.9 Å². The van der Waals surface area contributed by atoms with Gasteiger partial charge in [-0.25, -0.2) is 0 Å². The summed E-state index contributed by atoms with van der Waals surface area (Å²) in [6.07, 6.45) is 12.9. The van der Waals surface area contributed by atoms with Gasteiger partial charge >= 0.3 is 0 Å². The van der Waals surface area contributed by atoms with Crippen LogP contribution in [0.3, 0.4) is 0 Å². The fourth-order valence-electron chi connectivity index (χ4n) is 4.74. The number of pyridine rings is 1. The molecule has 2 aromatic heterocycles. The molecule has 3 aliphatic rings. The predicted molar refractivity (Wildman–Crippen MR) is 97.2 cm³/mol. The molecule has 1 fully saturated rings. The van der Waals surface area contributed by atoms with Gasteiger partial charge in [0.2, 0.25) is 5.91 Å². The number of amides is 1. The third-order valence-electron chi connectivity index (χ3n) is 6.11. The van der Waals surface area contributed by atoms with Crippen molar-refractivity contribution in [2.45, 2.75) is 38.1 Å². The Morgan fingerprint density at radius 1 is 1.08 bits per heavy atom. The largest absolute Gasteiger partial charge is 0.340 e. The van der Waals surface area contributed by atoms with Crippen molar-refractivity contribution in [2.24, 2.45) is 11.8 Å². The van der Waals surface area contributed by atoms with Gasteiger partial charge in [-0.3, -0.25) is 9.78 Å². The Labute approximate surface area is 152 Å². The first-order valence-electron chi connectivity index (χ1n) is 9.59. The number of aryl methyl sites for hydroxylation is 1. The van der Waals surface area contributed by atoms with E-state index in [1.807, 2.05) is 12.1 Å². The summed E-state index contributed by atoms with van der Waals surface area (Å²) < 4.78 is 2.29. The van der Waals surface area contributed by atoms with Gasteiger partial charge < -0.3 is 9.47 Å². The number of hydrogen-bond acceptors (Lipinski definition) is 4. The molecule has 1 amide bonds. The summed E-state index contributed by atoms with van der Waals surface area (Å²) >= 11 is 0. The van der Waals surface area contributed by atoms with Crippen LogP contribution in [0, 0.1) is 11.8 Å². The average molecular weight is 349 g/mol. The van der Waals surface area contributed by atoms with Crippen LogP contribution in [0.4, 0.5) is 0 Å². The van der Waals surface area contributed by atoms with E-state index >= 15 is 0 Å². The number of carbonyl (C=O) groups excluding carboxylic acids is 1. The summed E-state index contributed by atoms with van der Waals surface area (Å²) in [6.45, 7) is 1.66. The fraction of sp³-hybridized carbons (Fsp3) is 0.500. The van der Waals surface area contributed by atoms with E-state index in [2.05, 4.69) is 36.8 Å². The molecule has 0 spiro atoms. The number of allylic oxidation sites excluding steroid dienone is 2. The molecule has 2 aromatic rings. The van der Waals surface area contributed by atoms with Gasteiger partial charge in [0.25, 0.3) is 0 Å². The molecular weight excluding hydrogens is 326 g/mol. The summed E-state index contributed by atoms with van der Waals surface area (Å²) in [5, 5.41) is 8.89. The summed E-state index contributed by atoms with van der Waals surface area (Å²) in [7, 11) is 0. The highest BCUT2D eigenvalue weighted by Crippen LogP contribution is 2.39. The second-order valence-corrected chi connectivity index (χ2v) is 7.64. The minimum Gasteiger partial charge on any atom is -0.340 e. The zero-order valence-electron chi connectivity index (χ0n) is 14.8. The van der Waals surface area contributed by atoms with Crippen LogP contribution in [0.25, 0.3) is 11.4 Å². The van der Waals surface area contributed by atoms with Crippen LogP contribution in [0.15, 0.2) is 36.7 Å². The molecule has 26 heavy (non-hydrogen) atoms. The van der Waals surface area contributed by atoms with E-state index in [4.69, 9.17) is 0 Å². The highest BCUT2D eigenvalue weighted by Gasteiger charge is 2.42. The smallest absolute Gasteiger partial charge is 0.226 e. The minimum atomic E-state index is 0.167. The highest BCUT2D eigenvalue weighted by atomic mass is 16.2. The lowest BCUT2D eigenvalue weighted by Gasteiger charge is -2.27. The Bertz CT molecular complexity index is 843. The van der Waals surface area contributed by atoms with Crippen molar-refractivity contribution in [1.29, 1.82) is 0 Å². The Morgan fingerprint density at radius 2 is 1.96 bits per heavy atom. The Balaban J connectivity index is 1.43. The maximum absolute atomic E-state index is 13.0. The van der Waals surface area contributed by atoms with E-state index in [1.165, 1.54) is 0 Å². The van der Waals surface area contributed by atoms with Crippen molar-refractivity contribution < 1.29 is 4.79 Å². The molecule has 0 radical (unpaired) electrons. The molecule has 5 rings (SSSR count). The molecule has 1 saturated heterocycles. The van der Waals surface area contributed by atoms with Crippen molar-refractivity contribution in [3.05, 3.63) is 42.5 Å². The number of hydrogen-bond donors (Lipinski definition) is 0. The zero-order valence-corrected chi connectivity index (χ0v) is 14.8. The molecule has 6 heteroatoms. The summed E-state index contributed by atoms with van der Waals surface area (Å²) in [4.78, 5) is 19.2. The highest BCUT2D eigenvalue weighted by molar-refractivity contribution is 5.79. The topological polar surface area (TPSA) is 63.9 Å². The molecular formula is C20H23N5O. The first-order valence-corrected chi connectivity index (χ1v) is 9.59. The average Bonchev–Trinajstić information content (AvgIpc) is 3.32. The third-order valence-corrected chi connectivity index (χ3v) is 6.11. The Hall–Kier alpha value is -2.50. The van der Waals surface area contributed by atoms with Crippen molar-refractivity contribution >= 4 is 5.91 Å². The lowest BCUT2D eigenvalue weighted by molar-refractivity contribution is -0.134. The molecule has 0 unspecified atom stereocenters. The van der Waals surface area contributed by atoms with Gasteiger partial charge in [0.1, 0.15) is 5.82 Å². The normalized spacial score (nSPS) is 27.2. The zero-order chi connectivity index (χ0) is 17.5. The second-order valence-electron chi connectivity index (χ2n) is 7.64. The van der Waals surface area contributed by atoms with Gasteiger partial charge in [0.15, 0.2) is 5.82 Å². The quantitative estimate of drug-likeness (QED) is 0.782. The van der Waals surface area contributed by atoms with Gasteiger partial charge in [-0.05, 0) is 43.7 Å². The maximum atomic E-state index is 13.0. The van der Waals surface area contributed by atoms with Crippen molar-refractivity contribution in [3.63, 3.8) is 0 Å². The Morgan fingerprint density at radius 3 is 2.77 bits per heavy atom. The standard InChI is InChI=1S/C20H23N5O/c26-20(15-4-2-1-3-5-15)24-12-16-6-7-18-22-23-19(25(18)17(16)13-24)14-8-10-21-11-9-14/h1-2,8-11,15-17H,3-7,12-13H2/t15-,16+,17-/m0/s1. The van der Waals surface area contributed by atoms with E-state index in [0.717, 1.165) is 62.4 Å². The molecule has 134 valence electrons. The number of likely N-dealkylation sites (tertiary alicyclic amines) is 1. The van der Waals surface area contributed by atoms with Gasteiger partial charge in [-0.15, -0.1) is 10.2 Å². The van der Waals surface area contributed by atoms with Crippen LogP contribution in [0.1, 0.15) is 37.5 Å². The van der Waals surface area contributed by atoms with Gasteiger partial charge in [0, 0.05) is 43.4 Å². The molecule has 0 bridgehead atoms. The van der Waals surface area contributed by atoms with E-state index in [1.54, 1.807) is 12.4 Å². The second kappa shape index (κ2) is 6.34. The van der Waals surface area contributed by atoms with Crippen molar-refractivity contribution in [3.8, 4) is 11.4 Å². The molecule has 3 atom stereocenters.